The molecule has 0 saturated carbocycles. The van der Waals surface area contributed by atoms with Crippen molar-refractivity contribution < 1.29 is 13.2 Å². The molecule has 0 aliphatic carbocycles. The number of alkyl halides is 3. The van der Waals surface area contributed by atoms with E-state index in [0.717, 1.165) is 6.07 Å². The highest BCUT2D eigenvalue weighted by atomic mass is 32.1. The first-order chi connectivity index (χ1) is 6.95. The number of pyridine rings is 1. The zero-order chi connectivity index (χ0) is 11.5. The number of nitrogens with one attached hydrogen (secondary N) is 1. The van der Waals surface area contributed by atoms with Crippen LogP contribution >= 0.6 is 12.6 Å². The lowest BCUT2D eigenvalue weighted by atomic mass is 10.2. The van der Waals surface area contributed by atoms with Gasteiger partial charge in [-0.05, 0) is 11.6 Å². The van der Waals surface area contributed by atoms with Gasteiger partial charge in [-0.15, -0.1) is 0 Å². The topological polar surface area (TPSA) is 32.9 Å². The SMILES string of the molecule is O=c1[nH]cc(C=CCS)cc1C(F)(F)F. The molecular formula is C9H8F3NOS. The summed E-state index contributed by atoms with van der Waals surface area (Å²) < 4.78 is 36.9. The molecule has 1 aromatic heterocycles. The van der Waals surface area contributed by atoms with Gasteiger partial charge < -0.3 is 4.98 Å². The van der Waals surface area contributed by atoms with E-state index in [1.807, 2.05) is 4.98 Å². The van der Waals surface area contributed by atoms with E-state index in [4.69, 9.17) is 0 Å². The first-order valence-corrected chi connectivity index (χ1v) is 4.65. The molecule has 1 aromatic rings. The first kappa shape index (κ1) is 11.9. The molecule has 1 heterocycles. The molecule has 0 unspecified atom stereocenters. The fourth-order valence-electron chi connectivity index (χ4n) is 0.996. The second kappa shape index (κ2) is 4.57. The molecule has 0 radical (unpaired) electrons. The Morgan fingerprint density at radius 1 is 1.47 bits per heavy atom. The summed E-state index contributed by atoms with van der Waals surface area (Å²) >= 11 is 3.87. The molecular weight excluding hydrogens is 227 g/mol. The van der Waals surface area contributed by atoms with E-state index in [-0.39, 0.29) is 5.56 Å². The maximum Gasteiger partial charge on any atom is 0.421 e. The van der Waals surface area contributed by atoms with Gasteiger partial charge in [0.25, 0.3) is 5.56 Å². The Morgan fingerprint density at radius 3 is 2.67 bits per heavy atom. The van der Waals surface area contributed by atoms with E-state index in [9.17, 15) is 18.0 Å². The molecule has 0 saturated heterocycles. The molecule has 0 amide bonds. The lowest BCUT2D eigenvalue weighted by molar-refractivity contribution is -0.138. The van der Waals surface area contributed by atoms with Crippen molar-refractivity contribution in [3.8, 4) is 0 Å². The van der Waals surface area contributed by atoms with Crippen molar-refractivity contribution in [1.29, 1.82) is 0 Å². The highest BCUT2D eigenvalue weighted by Gasteiger charge is 2.33. The third-order valence-corrected chi connectivity index (χ3v) is 1.86. The van der Waals surface area contributed by atoms with Crippen molar-refractivity contribution in [3.63, 3.8) is 0 Å². The van der Waals surface area contributed by atoms with Gasteiger partial charge in [-0.25, -0.2) is 0 Å². The Balaban J connectivity index is 3.17. The Bertz CT molecular complexity index is 422. The molecule has 6 heteroatoms. The predicted octanol–water partition coefficient (Wildman–Crippen LogP) is 2.34. The highest BCUT2D eigenvalue weighted by molar-refractivity contribution is 7.80. The lowest BCUT2D eigenvalue weighted by Gasteiger charge is -2.05. The Kier molecular flexibility index (Phi) is 3.62. The van der Waals surface area contributed by atoms with E-state index >= 15 is 0 Å². The number of aromatic amines is 1. The van der Waals surface area contributed by atoms with Crippen molar-refractivity contribution in [2.45, 2.75) is 6.18 Å². The summed E-state index contributed by atoms with van der Waals surface area (Å²) in [5.74, 6) is 0.417. The van der Waals surface area contributed by atoms with Crippen LogP contribution in [0.1, 0.15) is 11.1 Å². The first-order valence-electron chi connectivity index (χ1n) is 4.02. The fraction of sp³-hybridized carbons (Fsp3) is 0.222. The van der Waals surface area contributed by atoms with Gasteiger partial charge in [0, 0.05) is 11.9 Å². The number of rotatable bonds is 2. The van der Waals surface area contributed by atoms with Crippen LogP contribution in [0.2, 0.25) is 0 Å². The number of halogens is 3. The van der Waals surface area contributed by atoms with Crippen LogP contribution in [-0.4, -0.2) is 10.7 Å². The number of H-pyrrole nitrogens is 1. The van der Waals surface area contributed by atoms with Crippen LogP contribution in [0, 0.1) is 0 Å². The molecule has 0 aromatic carbocycles. The summed E-state index contributed by atoms with van der Waals surface area (Å²) in [7, 11) is 0. The minimum Gasteiger partial charge on any atom is -0.328 e. The maximum absolute atomic E-state index is 12.3. The normalized spacial score (nSPS) is 12.3. The van der Waals surface area contributed by atoms with Crippen LogP contribution in [-0.2, 0) is 6.18 Å². The molecule has 0 aliphatic heterocycles. The van der Waals surface area contributed by atoms with Crippen LogP contribution in [0.3, 0.4) is 0 Å². The van der Waals surface area contributed by atoms with Crippen LogP contribution in [0.25, 0.3) is 6.08 Å². The highest BCUT2D eigenvalue weighted by Crippen LogP contribution is 2.26. The quantitative estimate of drug-likeness (QED) is 0.758. The third-order valence-electron chi connectivity index (χ3n) is 1.65. The second-order valence-electron chi connectivity index (χ2n) is 2.76. The van der Waals surface area contributed by atoms with E-state index in [0.29, 0.717) is 5.75 Å². The predicted molar refractivity (Wildman–Crippen MR) is 55.0 cm³/mol. The van der Waals surface area contributed by atoms with Crippen molar-refractivity contribution in [1.82, 2.24) is 4.98 Å². The third kappa shape index (κ3) is 3.16. The van der Waals surface area contributed by atoms with Crippen molar-refractivity contribution in [2.24, 2.45) is 0 Å². The number of hydrogen-bond donors (Lipinski definition) is 2. The molecule has 1 rings (SSSR count). The molecule has 0 bridgehead atoms. The number of aromatic nitrogens is 1. The molecule has 0 fully saturated rings. The van der Waals surface area contributed by atoms with Crippen molar-refractivity contribution in [3.05, 3.63) is 39.8 Å². The number of hydrogen-bond acceptors (Lipinski definition) is 2. The average Bonchev–Trinajstić information content (AvgIpc) is 2.15. The molecule has 1 N–H and O–H groups in total. The van der Waals surface area contributed by atoms with Gasteiger partial charge in [-0.3, -0.25) is 4.79 Å². The van der Waals surface area contributed by atoms with E-state index in [1.54, 1.807) is 6.08 Å². The van der Waals surface area contributed by atoms with Gasteiger partial charge in [0.2, 0.25) is 0 Å². The summed E-state index contributed by atoms with van der Waals surface area (Å²) in [5.41, 5.74) is -2.04. The lowest BCUT2D eigenvalue weighted by Crippen LogP contribution is -2.21. The van der Waals surface area contributed by atoms with Crippen molar-refractivity contribution >= 4 is 18.7 Å². The molecule has 0 spiro atoms. The minimum atomic E-state index is -4.63. The van der Waals surface area contributed by atoms with Gasteiger partial charge in [-0.2, -0.15) is 25.8 Å². The summed E-state index contributed by atoms with van der Waals surface area (Å²) in [6, 6.07) is 0.804. The van der Waals surface area contributed by atoms with Gasteiger partial charge in [0.15, 0.2) is 0 Å². The maximum atomic E-state index is 12.3. The minimum absolute atomic E-state index is 0.288. The summed E-state index contributed by atoms with van der Waals surface area (Å²) in [4.78, 5) is 12.9. The molecule has 82 valence electrons. The monoisotopic (exact) mass is 235 g/mol. The van der Waals surface area contributed by atoms with Gasteiger partial charge in [-0.1, -0.05) is 12.2 Å². The smallest absolute Gasteiger partial charge is 0.328 e. The largest absolute Gasteiger partial charge is 0.421 e. The molecule has 0 atom stereocenters. The summed E-state index contributed by atoms with van der Waals surface area (Å²) in [6.45, 7) is 0. The summed E-state index contributed by atoms with van der Waals surface area (Å²) in [5, 5.41) is 0. The van der Waals surface area contributed by atoms with Crippen LogP contribution in [0.15, 0.2) is 23.1 Å². The fourth-order valence-corrected chi connectivity index (χ4v) is 1.10. The molecule has 2 nitrogen and oxygen atoms in total. The Morgan fingerprint density at radius 2 is 2.13 bits per heavy atom. The zero-order valence-corrected chi connectivity index (χ0v) is 8.40. The van der Waals surface area contributed by atoms with Crippen LogP contribution < -0.4 is 5.56 Å². The Hall–Kier alpha value is -1.17. The standard InChI is InChI=1S/C9H8F3NOS/c10-9(11,12)7-4-6(2-1-3-15)5-13-8(7)14/h1-2,4-5,15H,3H2,(H,13,14). The molecule has 0 aliphatic rings. The van der Waals surface area contributed by atoms with Crippen LogP contribution in [0.5, 0.6) is 0 Å². The van der Waals surface area contributed by atoms with Crippen molar-refractivity contribution in [2.75, 3.05) is 5.75 Å². The Labute approximate surface area is 89.2 Å². The van der Waals surface area contributed by atoms with Gasteiger partial charge in [0.05, 0.1) is 0 Å². The average molecular weight is 235 g/mol. The zero-order valence-electron chi connectivity index (χ0n) is 7.51. The number of thiol groups is 1. The van der Waals surface area contributed by atoms with E-state index in [2.05, 4.69) is 12.6 Å². The van der Waals surface area contributed by atoms with E-state index < -0.39 is 17.3 Å². The molecule has 15 heavy (non-hydrogen) atoms. The van der Waals surface area contributed by atoms with Gasteiger partial charge in [0.1, 0.15) is 5.56 Å². The van der Waals surface area contributed by atoms with E-state index in [1.165, 1.54) is 12.3 Å². The van der Waals surface area contributed by atoms with Crippen LogP contribution in [0.4, 0.5) is 13.2 Å². The summed E-state index contributed by atoms with van der Waals surface area (Å²) in [6.07, 6.45) is -0.370. The van der Waals surface area contributed by atoms with Gasteiger partial charge >= 0.3 is 6.18 Å². The second-order valence-corrected chi connectivity index (χ2v) is 3.12.